The number of ether oxygens (including phenoxy) is 3. The van der Waals surface area contributed by atoms with E-state index in [0.29, 0.717) is 32.5 Å². The first-order valence-corrected chi connectivity index (χ1v) is 12.2. The molecule has 0 aliphatic carbocycles. The summed E-state index contributed by atoms with van der Waals surface area (Å²) in [5.41, 5.74) is 4.36. The molecule has 33 heavy (non-hydrogen) atoms. The highest BCUT2D eigenvalue weighted by atomic mass is 16.5. The van der Waals surface area contributed by atoms with Crippen LogP contribution in [0.2, 0.25) is 0 Å². The van der Waals surface area contributed by atoms with Gasteiger partial charge in [-0.3, -0.25) is 0 Å². The first-order chi connectivity index (χ1) is 16.2. The summed E-state index contributed by atoms with van der Waals surface area (Å²) in [6.07, 6.45) is 4.66. The van der Waals surface area contributed by atoms with E-state index in [1.807, 2.05) is 43.3 Å². The van der Waals surface area contributed by atoms with Crippen molar-refractivity contribution in [2.24, 2.45) is 0 Å². The molecule has 2 atom stereocenters. The zero-order valence-corrected chi connectivity index (χ0v) is 19.6. The van der Waals surface area contributed by atoms with E-state index in [1.165, 1.54) is 11.1 Å². The van der Waals surface area contributed by atoms with Crippen LogP contribution in [0.5, 0.6) is 0 Å². The van der Waals surface area contributed by atoms with Crippen molar-refractivity contribution >= 4 is 5.97 Å². The molecular formula is C28H35NO4. The normalized spacial score (nSPS) is 20.1. The van der Waals surface area contributed by atoms with E-state index in [1.54, 1.807) is 0 Å². The van der Waals surface area contributed by atoms with E-state index >= 15 is 0 Å². The molecule has 5 heteroatoms. The highest BCUT2D eigenvalue weighted by Crippen LogP contribution is 2.37. The second kappa shape index (κ2) is 12.0. The maximum atomic E-state index is 12.7. The third-order valence-corrected chi connectivity index (χ3v) is 6.46. The van der Waals surface area contributed by atoms with Gasteiger partial charge in [-0.05, 0) is 50.2 Å². The average molecular weight is 450 g/mol. The molecule has 0 radical (unpaired) electrons. The molecule has 0 amide bonds. The summed E-state index contributed by atoms with van der Waals surface area (Å²) >= 11 is 0. The molecule has 2 aromatic carbocycles. The zero-order chi connectivity index (χ0) is 22.9. The van der Waals surface area contributed by atoms with E-state index in [2.05, 4.69) is 29.2 Å². The molecule has 176 valence electrons. The van der Waals surface area contributed by atoms with Crippen LogP contribution < -0.4 is 0 Å². The Morgan fingerprint density at radius 3 is 2.39 bits per heavy atom. The molecule has 2 aromatic rings. The first-order valence-electron chi connectivity index (χ1n) is 12.2. The van der Waals surface area contributed by atoms with Crippen LogP contribution in [-0.2, 0) is 32.2 Å². The predicted octanol–water partition coefficient (Wildman–Crippen LogP) is 5.25. The number of fused-ring (bicyclic) bond motifs is 1. The van der Waals surface area contributed by atoms with Gasteiger partial charge < -0.3 is 19.1 Å². The second-order valence-electron chi connectivity index (χ2n) is 8.79. The van der Waals surface area contributed by atoms with Crippen molar-refractivity contribution in [3.63, 3.8) is 0 Å². The van der Waals surface area contributed by atoms with Gasteiger partial charge in [0.05, 0.1) is 31.5 Å². The maximum absolute atomic E-state index is 12.7. The van der Waals surface area contributed by atoms with Gasteiger partial charge in [-0.15, -0.1) is 0 Å². The molecule has 0 saturated carbocycles. The van der Waals surface area contributed by atoms with Gasteiger partial charge in [0.15, 0.2) is 0 Å². The number of benzene rings is 2. The van der Waals surface area contributed by atoms with E-state index < -0.39 is 0 Å². The third-order valence-electron chi connectivity index (χ3n) is 6.46. The van der Waals surface area contributed by atoms with Gasteiger partial charge in [0.2, 0.25) is 0 Å². The number of hydrogen-bond acceptors (Lipinski definition) is 5. The fourth-order valence-corrected chi connectivity index (χ4v) is 4.85. The smallest absolute Gasteiger partial charge is 0.335 e. The molecule has 2 aliphatic heterocycles. The fourth-order valence-electron chi connectivity index (χ4n) is 4.85. The molecule has 0 spiro atoms. The largest absolute Gasteiger partial charge is 0.463 e. The summed E-state index contributed by atoms with van der Waals surface area (Å²) in [5, 5.41) is 0. The molecule has 2 aliphatic rings. The van der Waals surface area contributed by atoms with Crippen molar-refractivity contribution in [2.75, 3.05) is 19.8 Å². The lowest BCUT2D eigenvalue weighted by molar-refractivity contribution is -0.139. The van der Waals surface area contributed by atoms with Crippen LogP contribution in [0.15, 0.2) is 71.9 Å². The number of esters is 1. The van der Waals surface area contributed by atoms with Crippen LogP contribution in [0.1, 0.15) is 50.2 Å². The van der Waals surface area contributed by atoms with Crippen LogP contribution in [0, 0.1) is 0 Å². The number of nitrogens with zero attached hydrogens (tertiary/aromatic N) is 1. The number of carbonyl (C=O) groups is 1. The molecule has 4 rings (SSSR count). The summed E-state index contributed by atoms with van der Waals surface area (Å²) < 4.78 is 17.5. The van der Waals surface area contributed by atoms with Gasteiger partial charge in [0.1, 0.15) is 0 Å². The summed E-state index contributed by atoms with van der Waals surface area (Å²) in [7, 11) is 0. The molecule has 0 bridgehead atoms. The Morgan fingerprint density at radius 2 is 1.70 bits per heavy atom. The Hall–Kier alpha value is -2.63. The van der Waals surface area contributed by atoms with E-state index in [-0.39, 0.29) is 12.1 Å². The Morgan fingerprint density at radius 1 is 1.00 bits per heavy atom. The van der Waals surface area contributed by atoms with E-state index in [9.17, 15) is 4.79 Å². The second-order valence-corrected chi connectivity index (χ2v) is 8.79. The molecule has 5 nitrogen and oxygen atoms in total. The van der Waals surface area contributed by atoms with Crippen LogP contribution in [0.4, 0.5) is 0 Å². The minimum Gasteiger partial charge on any atom is -0.463 e. The predicted molar refractivity (Wildman–Crippen MR) is 128 cm³/mol. The van der Waals surface area contributed by atoms with Crippen LogP contribution in [-0.4, -0.2) is 42.8 Å². The zero-order valence-electron chi connectivity index (χ0n) is 19.6. The summed E-state index contributed by atoms with van der Waals surface area (Å²) in [6.45, 7) is 5.02. The molecule has 0 unspecified atom stereocenters. The molecule has 1 saturated heterocycles. The van der Waals surface area contributed by atoms with Crippen molar-refractivity contribution in [2.45, 2.75) is 64.4 Å². The summed E-state index contributed by atoms with van der Waals surface area (Å²) in [5.74, 6) is -0.162. The fraction of sp³-hybridized carbons (Fsp3) is 0.464. The lowest BCUT2D eigenvalue weighted by atomic mass is 9.94. The molecule has 2 heterocycles. The van der Waals surface area contributed by atoms with Gasteiger partial charge in [0, 0.05) is 24.9 Å². The summed E-state index contributed by atoms with van der Waals surface area (Å²) in [4.78, 5) is 15.1. The number of hydrogen-bond donors (Lipinski definition) is 0. The monoisotopic (exact) mass is 449 g/mol. The first kappa shape index (κ1) is 23.5. The number of allylic oxidation sites excluding steroid dienone is 1. The van der Waals surface area contributed by atoms with Crippen molar-refractivity contribution in [3.05, 3.63) is 83.1 Å². The topological polar surface area (TPSA) is 48.0 Å². The van der Waals surface area contributed by atoms with Crippen LogP contribution in [0.25, 0.3) is 0 Å². The minimum atomic E-state index is -0.162. The molecular weight excluding hydrogens is 414 g/mol. The minimum absolute atomic E-state index is 0.162. The van der Waals surface area contributed by atoms with E-state index in [4.69, 9.17) is 14.2 Å². The Balaban J connectivity index is 1.35. The van der Waals surface area contributed by atoms with Crippen molar-refractivity contribution in [1.82, 2.24) is 4.90 Å². The molecule has 1 fully saturated rings. The highest BCUT2D eigenvalue weighted by molar-refractivity contribution is 5.89. The van der Waals surface area contributed by atoms with Crippen molar-refractivity contribution < 1.29 is 19.0 Å². The van der Waals surface area contributed by atoms with Crippen molar-refractivity contribution in [1.29, 1.82) is 0 Å². The Labute approximate surface area is 197 Å². The summed E-state index contributed by atoms with van der Waals surface area (Å²) in [6, 6.07) is 21.0. The standard InChI is InChI=1S/C28H35NO4/c1-2-32-28(30)26-16-15-24-18-25(33-21-23-12-7-4-8-13-23)19-29(24)27(26)14-9-17-31-20-22-10-5-3-6-11-22/h3-8,10-13,24-25H,2,9,14-21H2,1H3/t24-,25+/m0/s1. The average Bonchev–Trinajstić information content (AvgIpc) is 3.27. The Bertz CT molecular complexity index is 912. The maximum Gasteiger partial charge on any atom is 0.335 e. The highest BCUT2D eigenvalue weighted by Gasteiger charge is 2.39. The van der Waals surface area contributed by atoms with Crippen LogP contribution >= 0.6 is 0 Å². The quantitative estimate of drug-likeness (QED) is 0.346. The lowest BCUT2D eigenvalue weighted by Crippen LogP contribution is -2.35. The SMILES string of the molecule is CCOC(=O)C1=C(CCCOCc2ccccc2)N2C[C@H](OCc3ccccc3)C[C@@H]2CC1. The van der Waals surface area contributed by atoms with Crippen LogP contribution in [0.3, 0.4) is 0 Å². The Kier molecular flexibility index (Phi) is 8.56. The van der Waals surface area contributed by atoms with Gasteiger partial charge in [-0.1, -0.05) is 60.7 Å². The van der Waals surface area contributed by atoms with Gasteiger partial charge in [-0.25, -0.2) is 4.79 Å². The van der Waals surface area contributed by atoms with Gasteiger partial charge in [-0.2, -0.15) is 0 Å². The lowest BCUT2D eigenvalue weighted by Gasteiger charge is -2.35. The molecule has 0 N–H and O–H groups in total. The third kappa shape index (κ3) is 6.46. The van der Waals surface area contributed by atoms with Gasteiger partial charge in [0.25, 0.3) is 0 Å². The number of rotatable bonds is 11. The molecule has 0 aromatic heterocycles. The van der Waals surface area contributed by atoms with Gasteiger partial charge >= 0.3 is 5.97 Å². The van der Waals surface area contributed by atoms with Crippen molar-refractivity contribution in [3.8, 4) is 0 Å². The van der Waals surface area contributed by atoms with E-state index in [0.717, 1.165) is 49.9 Å². The number of carbonyl (C=O) groups excluding carboxylic acids is 1.